The Morgan fingerprint density at radius 2 is 1.64 bits per heavy atom. The summed E-state index contributed by atoms with van der Waals surface area (Å²) in [6, 6.07) is 12.8. The van der Waals surface area contributed by atoms with Crippen LogP contribution < -0.4 is 5.73 Å². The van der Waals surface area contributed by atoms with Gasteiger partial charge in [0.2, 0.25) is 10.0 Å². The first-order chi connectivity index (χ1) is 13.3. The number of rotatable bonds is 4. The van der Waals surface area contributed by atoms with Gasteiger partial charge in [0.1, 0.15) is 0 Å². The van der Waals surface area contributed by atoms with Crippen molar-refractivity contribution in [1.82, 2.24) is 9.21 Å². The number of anilines is 1. The summed E-state index contributed by atoms with van der Waals surface area (Å²) < 4.78 is 27.4. The highest BCUT2D eigenvalue weighted by Gasteiger charge is 2.29. The first-order valence-electron chi connectivity index (χ1n) is 9.05. The largest absolute Gasteiger partial charge is 0.399 e. The third kappa shape index (κ3) is 4.23. The van der Waals surface area contributed by atoms with Crippen LogP contribution in [0.5, 0.6) is 0 Å². The summed E-state index contributed by atoms with van der Waals surface area (Å²) in [4.78, 5) is 26.0. The Morgan fingerprint density at radius 3 is 2.36 bits per heavy atom. The first kappa shape index (κ1) is 20.0. The topological polar surface area (TPSA) is 101 Å². The van der Waals surface area contributed by atoms with E-state index in [-0.39, 0.29) is 23.1 Å². The number of nitrogens with two attached hydrogens (primary N) is 1. The molecule has 7 nitrogen and oxygen atoms in total. The lowest BCUT2D eigenvalue weighted by atomic mass is 10.1. The number of nitrogens with zero attached hydrogens (tertiary/aromatic N) is 2. The van der Waals surface area contributed by atoms with Crippen molar-refractivity contribution in [3.63, 3.8) is 0 Å². The molecule has 0 bridgehead atoms. The Hall–Kier alpha value is -2.71. The summed E-state index contributed by atoms with van der Waals surface area (Å²) in [6.45, 7) is 2.66. The number of carbonyl (C=O) groups excluding carboxylic acids is 2. The summed E-state index contributed by atoms with van der Waals surface area (Å²) in [6.07, 6.45) is 0.527. The van der Waals surface area contributed by atoms with Crippen LogP contribution in [0.15, 0.2) is 53.4 Å². The third-order valence-electron chi connectivity index (χ3n) is 4.75. The summed E-state index contributed by atoms with van der Waals surface area (Å²) >= 11 is 0. The second kappa shape index (κ2) is 8.12. The van der Waals surface area contributed by atoms with Gasteiger partial charge in [-0.2, -0.15) is 4.31 Å². The molecule has 28 heavy (non-hydrogen) atoms. The number of carbonyl (C=O) groups is 2. The monoisotopic (exact) mass is 401 g/mol. The van der Waals surface area contributed by atoms with Crippen LogP contribution in [0.1, 0.15) is 34.1 Å². The summed E-state index contributed by atoms with van der Waals surface area (Å²) in [7, 11) is -3.74. The smallest absolute Gasteiger partial charge is 0.253 e. The van der Waals surface area contributed by atoms with Gasteiger partial charge in [0.05, 0.1) is 4.90 Å². The molecule has 0 atom stereocenters. The Morgan fingerprint density at radius 1 is 0.929 bits per heavy atom. The molecule has 0 aromatic heterocycles. The van der Waals surface area contributed by atoms with E-state index >= 15 is 0 Å². The minimum atomic E-state index is -3.74. The molecule has 1 fully saturated rings. The Kier molecular flexibility index (Phi) is 5.81. The number of Topliss-reactive ketones (excluding diaryl/α,β-unsaturated/α-hetero) is 1. The standard InChI is InChI=1S/C20H23N3O4S/c1-15(24)16-5-3-8-19(14-16)28(26,27)23-10-4-9-22(11-12-23)20(25)17-6-2-7-18(21)13-17/h2-3,5-8,13-14H,4,9-12,21H2,1H3. The van der Waals surface area contributed by atoms with Gasteiger partial charge in [0.15, 0.2) is 5.78 Å². The normalized spacial score (nSPS) is 15.8. The van der Waals surface area contributed by atoms with Crippen molar-refractivity contribution in [3.8, 4) is 0 Å². The lowest BCUT2D eigenvalue weighted by molar-refractivity contribution is 0.0764. The van der Waals surface area contributed by atoms with Crippen molar-refractivity contribution >= 4 is 27.4 Å². The Labute approximate surface area is 164 Å². The van der Waals surface area contributed by atoms with Gasteiger partial charge in [0.25, 0.3) is 5.91 Å². The first-order valence-corrected chi connectivity index (χ1v) is 10.5. The Bertz CT molecular complexity index is 1000. The molecule has 1 aliphatic rings. The fourth-order valence-corrected chi connectivity index (χ4v) is 4.73. The van der Waals surface area contributed by atoms with E-state index in [1.807, 2.05) is 0 Å². The average molecular weight is 401 g/mol. The van der Waals surface area contributed by atoms with Crippen LogP contribution in [0, 0.1) is 0 Å². The number of ketones is 1. The highest BCUT2D eigenvalue weighted by Crippen LogP contribution is 2.20. The molecule has 0 saturated carbocycles. The predicted octanol–water partition coefficient (Wildman–Crippen LogP) is 2.01. The lowest BCUT2D eigenvalue weighted by Crippen LogP contribution is -2.37. The number of benzene rings is 2. The van der Waals surface area contributed by atoms with Gasteiger partial charge in [-0.25, -0.2) is 8.42 Å². The van der Waals surface area contributed by atoms with Gasteiger partial charge in [-0.3, -0.25) is 9.59 Å². The van der Waals surface area contributed by atoms with E-state index in [1.54, 1.807) is 41.3 Å². The zero-order valence-corrected chi connectivity index (χ0v) is 16.5. The quantitative estimate of drug-likeness (QED) is 0.624. The fourth-order valence-electron chi connectivity index (χ4n) is 3.22. The number of hydrogen-bond donors (Lipinski definition) is 1. The molecule has 8 heteroatoms. The zero-order valence-electron chi connectivity index (χ0n) is 15.7. The van der Waals surface area contributed by atoms with Crippen LogP contribution in [0.3, 0.4) is 0 Å². The molecule has 1 saturated heterocycles. The van der Waals surface area contributed by atoms with Gasteiger partial charge >= 0.3 is 0 Å². The van der Waals surface area contributed by atoms with Crippen LogP contribution in [-0.4, -0.2) is 55.5 Å². The number of amides is 1. The number of sulfonamides is 1. The Balaban J connectivity index is 1.76. The molecule has 0 unspecified atom stereocenters. The molecule has 1 aliphatic heterocycles. The molecule has 148 valence electrons. The maximum Gasteiger partial charge on any atom is 0.253 e. The summed E-state index contributed by atoms with van der Waals surface area (Å²) in [5.41, 5.74) is 7.11. The molecular weight excluding hydrogens is 378 g/mol. The number of nitrogen functional groups attached to an aromatic ring is 1. The molecule has 2 aromatic rings. The molecule has 0 radical (unpaired) electrons. The molecule has 0 spiro atoms. The van der Waals surface area contributed by atoms with E-state index in [0.29, 0.717) is 42.9 Å². The van der Waals surface area contributed by atoms with E-state index in [9.17, 15) is 18.0 Å². The van der Waals surface area contributed by atoms with Gasteiger partial charge in [-0.1, -0.05) is 18.2 Å². The van der Waals surface area contributed by atoms with Gasteiger partial charge in [-0.15, -0.1) is 0 Å². The molecule has 2 N–H and O–H groups in total. The van der Waals surface area contributed by atoms with Crippen LogP contribution >= 0.6 is 0 Å². The van der Waals surface area contributed by atoms with E-state index in [0.717, 1.165) is 0 Å². The minimum absolute atomic E-state index is 0.0933. The van der Waals surface area contributed by atoms with Crippen molar-refractivity contribution in [2.45, 2.75) is 18.2 Å². The maximum atomic E-state index is 13.0. The van der Waals surface area contributed by atoms with Crippen molar-refractivity contribution in [2.75, 3.05) is 31.9 Å². The lowest BCUT2D eigenvalue weighted by Gasteiger charge is -2.22. The van der Waals surface area contributed by atoms with Crippen LogP contribution in [0.25, 0.3) is 0 Å². The molecule has 3 rings (SSSR count). The van der Waals surface area contributed by atoms with E-state index in [1.165, 1.54) is 23.4 Å². The fraction of sp³-hybridized carbons (Fsp3) is 0.300. The van der Waals surface area contributed by atoms with Crippen molar-refractivity contribution in [1.29, 1.82) is 0 Å². The highest BCUT2D eigenvalue weighted by atomic mass is 32.2. The van der Waals surface area contributed by atoms with Crippen molar-refractivity contribution in [2.24, 2.45) is 0 Å². The minimum Gasteiger partial charge on any atom is -0.399 e. The summed E-state index contributed by atoms with van der Waals surface area (Å²) in [5, 5.41) is 0. The van der Waals surface area contributed by atoms with Crippen molar-refractivity contribution in [3.05, 3.63) is 59.7 Å². The van der Waals surface area contributed by atoms with Crippen LogP contribution in [-0.2, 0) is 10.0 Å². The highest BCUT2D eigenvalue weighted by molar-refractivity contribution is 7.89. The third-order valence-corrected chi connectivity index (χ3v) is 6.65. The molecular formula is C20H23N3O4S. The van der Waals surface area contributed by atoms with Gasteiger partial charge < -0.3 is 10.6 Å². The van der Waals surface area contributed by atoms with Gasteiger partial charge in [0, 0.05) is 43.0 Å². The predicted molar refractivity (Wildman–Crippen MR) is 107 cm³/mol. The van der Waals surface area contributed by atoms with E-state index < -0.39 is 10.0 Å². The maximum absolute atomic E-state index is 13.0. The average Bonchev–Trinajstić information content (AvgIpc) is 2.94. The summed E-state index contributed by atoms with van der Waals surface area (Å²) in [5.74, 6) is -0.350. The second-order valence-electron chi connectivity index (χ2n) is 6.76. The number of hydrogen-bond acceptors (Lipinski definition) is 5. The SMILES string of the molecule is CC(=O)c1cccc(S(=O)(=O)N2CCCN(C(=O)c3cccc(N)c3)CC2)c1. The molecule has 2 aromatic carbocycles. The molecule has 0 aliphatic carbocycles. The second-order valence-corrected chi connectivity index (χ2v) is 8.70. The van der Waals surface area contributed by atoms with Gasteiger partial charge in [-0.05, 0) is 43.7 Å². The van der Waals surface area contributed by atoms with Crippen LogP contribution in [0.4, 0.5) is 5.69 Å². The van der Waals surface area contributed by atoms with Crippen molar-refractivity contribution < 1.29 is 18.0 Å². The zero-order chi connectivity index (χ0) is 20.3. The van der Waals surface area contributed by atoms with E-state index in [4.69, 9.17) is 5.73 Å². The molecule has 1 amide bonds. The molecule has 1 heterocycles. The van der Waals surface area contributed by atoms with E-state index in [2.05, 4.69) is 0 Å². The van der Waals surface area contributed by atoms with Crippen LogP contribution in [0.2, 0.25) is 0 Å².